The van der Waals surface area contributed by atoms with Crippen LogP contribution < -0.4 is 0 Å². The lowest BCUT2D eigenvalue weighted by Gasteiger charge is -2.31. The SMILES string of the molecule is Cc1ccc(CC2(O)CCCc3occc32)cc1. The maximum atomic E-state index is 10.9. The summed E-state index contributed by atoms with van der Waals surface area (Å²) < 4.78 is 5.45. The molecule has 1 N–H and O–H groups in total. The van der Waals surface area contributed by atoms with Crippen LogP contribution in [-0.4, -0.2) is 5.11 Å². The Morgan fingerprint density at radius 1 is 1.22 bits per heavy atom. The largest absolute Gasteiger partial charge is 0.469 e. The molecule has 0 saturated heterocycles. The van der Waals surface area contributed by atoms with Gasteiger partial charge in [-0.1, -0.05) is 29.8 Å². The van der Waals surface area contributed by atoms with Gasteiger partial charge in [0.05, 0.1) is 11.9 Å². The van der Waals surface area contributed by atoms with Crippen molar-refractivity contribution in [2.24, 2.45) is 0 Å². The van der Waals surface area contributed by atoms with Crippen LogP contribution in [0.5, 0.6) is 0 Å². The van der Waals surface area contributed by atoms with Crippen LogP contribution in [0.3, 0.4) is 0 Å². The van der Waals surface area contributed by atoms with Crippen LogP contribution in [-0.2, 0) is 18.4 Å². The molecule has 1 aliphatic rings. The maximum absolute atomic E-state index is 10.9. The van der Waals surface area contributed by atoms with Crippen LogP contribution in [0.4, 0.5) is 0 Å². The minimum absolute atomic E-state index is 0.666. The van der Waals surface area contributed by atoms with E-state index in [0.29, 0.717) is 6.42 Å². The molecule has 1 aromatic carbocycles. The normalized spacial score (nSPS) is 22.8. The number of rotatable bonds is 2. The number of aryl methyl sites for hydroxylation is 2. The summed E-state index contributed by atoms with van der Waals surface area (Å²) in [5, 5.41) is 10.9. The van der Waals surface area contributed by atoms with E-state index in [9.17, 15) is 5.11 Å². The molecule has 3 rings (SSSR count). The van der Waals surface area contributed by atoms with Crippen molar-refractivity contribution in [2.75, 3.05) is 0 Å². The summed E-state index contributed by atoms with van der Waals surface area (Å²) in [6.45, 7) is 2.08. The van der Waals surface area contributed by atoms with Gasteiger partial charge >= 0.3 is 0 Å². The molecule has 0 amide bonds. The predicted molar refractivity (Wildman–Crippen MR) is 70.4 cm³/mol. The third-order valence-electron chi connectivity index (χ3n) is 3.86. The van der Waals surface area contributed by atoms with Crippen molar-refractivity contribution in [3.8, 4) is 0 Å². The summed E-state index contributed by atoms with van der Waals surface area (Å²) in [5.74, 6) is 0.955. The number of aliphatic hydroxyl groups is 1. The minimum atomic E-state index is -0.754. The molecule has 2 heteroatoms. The highest BCUT2D eigenvalue weighted by atomic mass is 16.3. The van der Waals surface area contributed by atoms with Crippen LogP contribution in [0.2, 0.25) is 0 Å². The van der Waals surface area contributed by atoms with Gasteiger partial charge in [0.2, 0.25) is 0 Å². The quantitative estimate of drug-likeness (QED) is 0.876. The molecule has 0 saturated carbocycles. The van der Waals surface area contributed by atoms with Gasteiger partial charge in [0.15, 0.2) is 0 Å². The second-order valence-electron chi connectivity index (χ2n) is 5.30. The smallest absolute Gasteiger partial charge is 0.109 e. The summed E-state index contributed by atoms with van der Waals surface area (Å²) >= 11 is 0. The first kappa shape index (κ1) is 11.5. The molecule has 1 unspecified atom stereocenters. The van der Waals surface area contributed by atoms with Crippen LogP contribution in [0.15, 0.2) is 41.0 Å². The summed E-state index contributed by atoms with van der Waals surface area (Å²) in [5.41, 5.74) is 2.65. The highest BCUT2D eigenvalue weighted by Crippen LogP contribution is 2.38. The van der Waals surface area contributed by atoms with E-state index in [-0.39, 0.29) is 0 Å². The topological polar surface area (TPSA) is 33.4 Å². The Kier molecular flexibility index (Phi) is 2.75. The maximum Gasteiger partial charge on any atom is 0.109 e. The van der Waals surface area contributed by atoms with E-state index in [4.69, 9.17) is 4.42 Å². The van der Waals surface area contributed by atoms with Crippen molar-refractivity contribution < 1.29 is 9.52 Å². The summed E-state index contributed by atoms with van der Waals surface area (Å²) in [6.07, 6.45) is 5.10. The highest BCUT2D eigenvalue weighted by Gasteiger charge is 2.36. The average Bonchev–Trinajstić information content (AvgIpc) is 2.82. The average molecular weight is 242 g/mol. The van der Waals surface area contributed by atoms with E-state index in [1.165, 1.54) is 11.1 Å². The monoisotopic (exact) mass is 242 g/mol. The molecule has 0 radical (unpaired) electrons. The third kappa shape index (κ3) is 1.97. The molecule has 1 heterocycles. The molecule has 0 bridgehead atoms. The highest BCUT2D eigenvalue weighted by molar-refractivity contribution is 5.31. The van der Waals surface area contributed by atoms with Gasteiger partial charge in [0, 0.05) is 18.4 Å². The number of hydrogen-bond donors (Lipinski definition) is 1. The van der Waals surface area contributed by atoms with Gasteiger partial charge in [-0.2, -0.15) is 0 Å². The fraction of sp³-hybridized carbons (Fsp3) is 0.375. The zero-order chi connectivity index (χ0) is 12.6. The first-order valence-electron chi connectivity index (χ1n) is 6.52. The van der Waals surface area contributed by atoms with Crippen molar-refractivity contribution in [1.29, 1.82) is 0 Å². The van der Waals surface area contributed by atoms with Crippen molar-refractivity contribution in [1.82, 2.24) is 0 Å². The molecule has 1 atom stereocenters. The van der Waals surface area contributed by atoms with Gasteiger partial charge < -0.3 is 9.52 Å². The molecule has 1 aromatic heterocycles. The molecule has 0 fully saturated rings. The van der Waals surface area contributed by atoms with E-state index in [0.717, 1.165) is 30.6 Å². The first-order chi connectivity index (χ1) is 8.67. The summed E-state index contributed by atoms with van der Waals surface area (Å²) in [4.78, 5) is 0. The molecular weight excluding hydrogens is 224 g/mol. The van der Waals surface area contributed by atoms with Gasteiger partial charge in [0.1, 0.15) is 5.76 Å². The zero-order valence-corrected chi connectivity index (χ0v) is 10.6. The van der Waals surface area contributed by atoms with Crippen molar-refractivity contribution in [3.05, 3.63) is 59.0 Å². The number of benzene rings is 1. The lowest BCUT2D eigenvalue weighted by molar-refractivity contribution is 0.0168. The molecule has 94 valence electrons. The fourth-order valence-corrected chi connectivity index (χ4v) is 2.85. The Hall–Kier alpha value is -1.54. The van der Waals surface area contributed by atoms with Crippen molar-refractivity contribution in [3.63, 3.8) is 0 Å². The van der Waals surface area contributed by atoms with Gasteiger partial charge in [0.25, 0.3) is 0 Å². The van der Waals surface area contributed by atoms with Crippen LogP contribution in [0, 0.1) is 6.92 Å². The molecule has 0 aliphatic heterocycles. The van der Waals surface area contributed by atoms with Crippen LogP contribution in [0.25, 0.3) is 0 Å². The molecule has 18 heavy (non-hydrogen) atoms. The number of fused-ring (bicyclic) bond motifs is 1. The van der Waals surface area contributed by atoms with E-state index in [2.05, 4.69) is 31.2 Å². The van der Waals surface area contributed by atoms with E-state index in [1.807, 2.05) is 6.07 Å². The standard InChI is InChI=1S/C16H18O2/c1-12-4-6-13(7-5-12)11-16(17)9-2-3-15-14(16)8-10-18-15/h4-8,10,17H,2-3,9,11H2,1H3. The van der Waals surface area contributed by atoms with Crippen molar-refractivity contribution in [2.45, 2.75) is 38.2 Å². The second-order valence-corrected chi connectivity index (χ2v) is 5.30. The van der Waals surface area contributed by atoms with Gasteiger partial charge in [-0.15, -0.1) is 0 Å². The number of hydrogen-bond acceptors (Lipinski definition) is 2. The predicted octanol–water partition coefficient (Wildman–Crippen LogP) is 3.35. The van der Waals surface area contributed by atoms with E-state index >= 15 is 0 Å². The molecular formula is C16H18O2. The number of furan rings is 1. The third-order valence-corrected chi connectivity index (χ3v) is 3.86. The Bertz CT molecular complexity index is 538. The Morgan fingerprint density at radius 3 is 2.78 bits per heavy atom. The molecule has 2 aromatic rings. The zero-order valence-electron chi connectivity index (χ0n) is 10.6. The van der Waals surface area contributed by atoms with Gasteiger partial charge in [-0.3, -0.25) is 0 Å². The van der Waals surface area contributed by atoms with Gasteiger partial charge in [-0.05, 0) is 31.4 Å². The first-order valence-corrected chi connectivity index (χ1v) is 6.52. The molecule has 0 spiro atoms. The van der Waals surface area contributed by atoms with Crippen LogP contribution >= 0.6 is 0 Å². The lowest BCUT2D eigenvalue weighted by atomic mass is 9.79. The Morgan fingerprint density at radius 2 is 2.00 bits per heavy atom. The molecule has 2 nitrogen and oxygen atoms in total. The Balaban J connectivity index is 1.91. The van der Waals surface area contributed by atoms with Crippen molar-refractivity contribution >= 4 is 0 Å². The lowest BCUT2D eigenvalue weighted by Crippen LogP contribution is -2.32. The Labute approximate surface area is 107 Å². The fourth-order valence-electron chi connectivity index (χ4n) is 2.85. The van der Waals surface area contributed by atoms with Crippen LogP contribution in [0.1, 0.15) is 35.3 Å². The second kappa shape index (κ2) is 4.29. The van der Waals surface area contributed by atoms with E-state index < -0.39 is 5.60 Å². The van der Waals surface area contributed by atoms with E-state index in [1.54, 1.807) is 6.26 Å². The van der Waals surface area contributed by atoms with Gasteiger partial charge in [-0.25, -0.2) is 0 Å². The minimum Gasteiger partial charge on any atom is -0.469 e. The summed E-state index contributed by atoms with van der Waals surface area (Å²) in [7, 11) is 0. The summed E-state index contributed by atoms with van der Waals surface area (Å²) in [6, 6.07) is 10.3. The molecule has 1 aliphatic carbocycles.